The Morgan fingerprint density at radius 1 is 1.06 bits per heavy atom. The maximum atomic E-state index is 5.89. The zero-order chi connectivity index (χ0) is 23.3. The highest BCUT2D eigenvalue weighted by molar-refractivity contribution is 6.07. The monoisotopic (exact) mass is 457 g/mol. The number of hydrogen-bond donors (Lipinski definition) is 2. The maximum absolute atomic E-state index is 5.89. The molecule has 7 heteroatoms. The summed E-state index contributed by atoms with van der Waals surface area (Å²) in [5, 5.41) is 4.52. The minimum Gasteiger partial charge on any atom is -0.492 e. The van der Waals surface area contributed by atoms with Crippen molar-refractivity contribution in [1.29, 1.82) is 0 Å². The van der Waals surface area contributed by atoms with Crippen molar-refractivity contribution in [3.05, 3.63) is 60.9 Å². The molecule has 1 aliphatic rings. The van der Waals surface area contributed by atoms with Gasteiger partial charge in [-0.15, -0.1) is 0 Å². The van der Waals surface area contributed by atoms with E-state index in [-0.39, 0.29) is 6.10 Å². The minimum atomic E-state index is 0.226. The van der Waals surface area contributed by atoms with Crippen LogP contribution in [0.3, 0.4) is 0 Å². The first kappa shape index (κ1) is 22.4. The standard InChI is InChI=1S/C27H31N5O2/c1-32(2)14-16-34-21-12-10-20(11-13-21)25-23(19-7-4-3-5-8-19)24-26(29-18-30-27(24)31-25)28-17-22-9-6-15-33-22/h3-5,7-8,10-13,18,22H,6,9,14-17H2,1-2H3,(H2,28,29,30,31)/t22-/m0/s1. The quantitative estimate of drug-likeness (QED) is 0.375. The van der Waals surface area contributed by atoms with Crippen molar-refractivity contribution >= 4 is 16.9 Å². The molecule has 0 aliphatic carbocycles. The summed E-state index contributed by atoms with van der Waals surface area (Å²) in [6.45, 7) is 3.11. The maximum Gasteiger partial charge on any atom is 0.143 e. The van der Waals surface area contributed by atoms with Gasteiger partial charge in [-0.3, -0.25) is 0 Å². The van der Waals surface area contributed by atoms with Gasteiger partial charge in [0.2, 0.25) is 0 Å². The summed E-state index contributed by atoms with van der Waals surface area (Å²) < 4.78 is 11.7. The Morgan fingerprint density at radius 3 is 2.62 bits per heavy atom. The SMILES string of the molecule is CN(C)CCOc1ccc(-c2[nH]c3ncnc(NC[C@@H]4CCCO4)c3c2-c2ccccc2)cc1. The van der Waals surface area contributed by atoms with Gasteiger partial charge in [-0.2, -0.15) is 0 Å². The van der Waals surface area contributed by atoms with Crippen LogP contribution in [0.15, 0.2) is 60.9 Å². The van der Waals surface area contributed by atoms with Crippen LogP contribution in [-0.4, -0.2) is 66.4 Å². The number of likely N-dealkylation sites (N-methyl/N-ethyl adjacent to an activating group) is 1. The van der Waals surface area contributed by atoms with Crippen molar-refractivity contribution < 1.29 is 9.47 Å². The third-order valence-electron chi connectivity index (χ3n) is 6.12. The summed E-state index contributed by atoms with van der Waals surface area (Å²) in [6, 6.07) is 18.6. The average Bonchev–Trinajstić information content (AvgIpc) is 3.52. The molecule has 1 atom stereocenters. The second-order valence-corrected chi connectivity index (χ2v) is 8.88. The highest BCUT2D eigenvalue weighted by Crippen LogP contribution is 2.40. The van der Waals surface area contributed by atoms with Crippen LogP contribution in [-0.2, 0) is 4.74 Å². The third kappa shape index (κ3) is 4.90. The summed E-state index contributed by atoms with van der Waals surface area (Å²) in [7, 11) is 4.08. The molecule has 3 heterocycles. The van der Waals surface area contributed by atoms with Crippen molar-refractivity contribution in [1.82, 2.24) is 19.9 Å². The number of fused-ring (bicyclic) bond motifs is 1. The largest absolute Gasteiger partial charge is 0.492 e. The molecular formula is C27H31N5O2. The zero-order valence-electron chi connectivity index (χ0n) is 19.8. The molecule has 1 aliphatic heterocycles. The van der Waals surface area contributed by atoms with E-state index < -0.39 is 0 Å². The van der Waals surface area contributed by atoms with Crippen LogP contribution >= 0.6 is 0 Å². The Hall–Kier alpha value is -3.42. The van der Waals surface area contributed by atoms with Gasteiger partial charge < -0.3 is 24.7 Å². The lowest BCUT2D eigenvalue weighted by atomic mass is 9.99. The molecule has 7 nitrogen and oxygen atoms in total. The lowest BCUT2D eigenvalue weighted by Gasteiger charge is -2.13. The topological polar surface area (TPSA) is 75.3 Å². The molecule has 5 rings (SSSR count). The van der Waals surface area contributed by atoms with E-state index in [2.05, 4.69) is 61.6 Å². The average molecular weight is 458 g/mol. The van der Waals surface area contributed by atoms with E-state index in [1.807, 2.05) is 32.3 Å². The fourth-order valence-corrected chi connectivity index (χ4v) is 4.35. The van der Waals surface area contributed by atoms with Crippen molar-refractivity contribution in [2.45, 2.75) is 18.9 Å². The number of ether oxygens (including phenoxy) is 2. The molecule has 2 aromatic heterocycles. The number of hydrogen-bond acceptors (Lipinski definition) is 6. The fourth-order valence-electron chi connectivity index (χ4n) is 4.35. The first-order valence-corrected chi connectivity index (χ1v) is 11.8. The zero-order valence-corrected chi connectivity index (χ0v) is 19.8. The number of nitrogens with zero attached hydrogens (tertiary/aromatic N) is 3. The van der Waals surface area contributed by atoms with Crippen LogP contribution in [0.5, 0.6) is 5.75 Å². The van der Waals surface area contributed by atoms with Crippen LogP contribution < -0.4 is 10.1 Å². The number of aromatic amines is 1. The van der Waals surface area contributed by atoms with Crippen molar-refractivity contribution in [3.8, 4) is 28.1 Å². The second-order valence-electron chi connectivity index (χ2n) is 8.88. The van der Waals surface area contributed by atoms with Crippen molar-refractivity contribution in [2.24, 2.45) is 0 Å². The van der Waals surface area contributed by atoms with E-state index in [0.717, 1.165) is 77.5 Å². The summed E-state index contributed by atoms with van der Waals surface area (Å²) in [4.78, 5) is 14.8. The van der Waals surface area contributed by atoms with Crippen molar-refractivity contribution in [3.63, 3.8) is 0 Å². The van der Waals surface area contributed by atoms with E-state index in [1.54, 1.807) is 6.33 Å². The number of rotatable bonds is 9. The normalized spacial score (nSPS) is 15.8. The molecule has 1 saturated heterocycles. The van der Waals surface area contributed by atoms with Gasteiger partial charge in [0.15, 0.2) is 0 Å². The molecule has 0 bridgehead atoms. The lowest BCUT2D eigenvalue weighted by molar-refractivity contribution is 0.120. The van der Waals surface area contributed by atoms with Crippen LogP contribution in [0.4, 0.5) is 5.82 Å². The number of aromatic nitrogens is 3. The molecule has 2 aromatic carbocycles. The lowest BCUT2D eigenvalue weighted by Crippen LogP contribution is -2.19. The summed E-state index contributed by atoms with van der Waals surface area (Å²) in [6.07, 6.45) is 4.03. The predicted octanol–water partition coefficient (Wildman–Crippen LogP) is 4.82. The van der Waals surface area contributed by atoms with Crippen LogP contribution in [0, 0.1) is 0 Å². The molecule has 0 radical (unpaired) electrons. The third-order valence-corrected chi connectivity index (χ3v) is 6.12. The summed E-state index contributed by atoms with van der Waals surface area (Å²) >= 11 is 0. The predicted molar refractivity (Wildman–Crippen MR) is 136 cm³/mol. The van der Waals surface area contributed by atoms with E-state index in [1.165, 1.54) is 0 Å². The van der Waals surface area contributed by atoms with Crippen LogP contribution in [0.1, 0.15) is 12.8 Å². The highest BCUT2D eigenvalue weighted by atomic mass is 16.5. The Kier molecular flexibility index (Phi) is 6.74. The molecule has 0 amide bonds. The minimum absolute atomic E-state index is 0.226. The molecule has 2 N–H and O–H groups in total. The Bertz CT molecular complexity index is 1220. The van der Waals surface area contributed by atoms with Gasteiger partial charge in [0, 0.05) is 25.3 Å². The molecule has 1 fully saturated rings. The molecular weight excluding hydrogens is 426 g/mol. The van der Waals surface area contributed by atoms with E-state index in [9.17, 15) is 0 Å². The van der Waals surface area contributed by atoms with Crippen LogP contribution in [0.2, 0.25) is 0 Å². The first-order valence-electron chi connectivity index (χ1n) is 11.8. The van der Waals surface area contributed by atoms with Gasteiger partial charge in [0.1, 0.15) is 30.1 Å². The molecule has 176 valence electrons. The van der Waals surface area contributed by atoms with Gasteiger partial charge in [-0.05, 0) is 62.3 Å². The molecule has 4 aromatic rings. The summed E-state index contributed by atoms with van der Waals surface area (Å²) in [5.74, 6) is 1.69. The molecule has 34 heavy (non-hydrogen) atoms. The Balaban J connectivity index is 1.52. The smallest absolute Gasteiger partial charge is 0.143 e. The number of nitrogens with one attached hydrogen (secondary N) is 2. The number of H-pyrrole nitrogens is 1. The van der Waals surface area contributed by atoms with Gasteiger partial charge in [-0.25, -0.2) is 9.97 Å². The fraction of sp³-hybridized carbons (Fsp3) is 0.333. The van der Waals surface area contributed by atoms with Gasteiger partial charge in [0.05, 0.1) is 17.2 Å². The van der Waals surface area contributed by atoms with E-state index >= 15 is 0 Å². The van der Waals surface area contributed by atoms with Gasteiger partial charge in [-0.1, -0.05) is 30.3 Å². The molecule has 0 spiro atoms. The highest BCUT2D eigenvalue weighted by Gasteiger charge is 2.21. The molecule has 0 unspecified atom stereocenters. The van der Waals surface area contributed by atoms with Crippen LogP contribution in [0.25, 0.3) is 33.4 Å². The van der Waals surface area contributed by atoms with E-state index in [0.29, 0.717) is 6.61 Å². The first-order chi connectivity index (χ1) is 16.7. The van der Waals surface area contributed by atoms with Gasteiger partial charge in [0.25, 0.3) is 0 Å². The van der Waals surface area contributed by atoms with E-state index in [4.69, 9.17) is 9.47 Å². The number of benzene rings is 2. The molecule has 0 saturated carbocycles. The number of anilines is 1. The van der Waals surface area contributed by atoms with Crippen molar-refractivity contribution in [2.75, 3.05) is 45.7 Å². The summed E-state index contributed by atoms with van der Waals surface area (Å²) in [5.41, 5.74) is 5.10. The second kappa shape index (κ2) is 10.2. The Morgan fingerprint density at radius 2 is 1.88 bits per heavy atom. The van der Waals surface area contributed by atoms with Gasteiger partial charge >= 0.3 is 0 Å². The Labute approximate surface area is 200 Å².